The third kappa shape index (κ3) is 2.46. The minimum Gasteiger partial charge on any atom is -0.343 e. The summed E-state index contributed by atoms with van der Waals surface area (Å²) in [5.74, 6) is 0.714. The van der Waals surface area contributed by atoms with Crippen LogP contribution in [0.5, 0.6) is 0 Å². The van der Waals surface area contributed by atoms with Crippen LogP contribution >= 0.6 is 0 Å². The van der Waals surface area contributed by atoms with Gasteiger partial charge in [-0.25, -0.2) is 14.8 Å². The number of likely N-dealkylation sites (N-methyl/N-ethyl adjacent to an activating group) is 1. The third-order valence-corrected chi connectivity index (χ3v) is 3.93. The highest BCUT2D eigenvalue weighted by molar-refractivity contribution is 5.94. The Kier molecular flexibility index (Phi) is 3.11. The van der Waals surface area contributed by atoms with Crippen molar-refractivity contribution in [3.05, 3.63) is 42.7 Å². The molecule has 1 aliphatic rings. The first kappa shape index (κ1) is 13.6. The molecule has 116 valence electrons. The van der Waals surface area contributed by atoms with Crippen molar-refractivity contribution in [1.29, 1.82) is 0 Å². The number of hydrogen-bond donors (Lipinski definition) is 2. The molecule has 0 spiro atoms. The van der Waals surface area contributed by atoms with Crippen LogP contribution in [0.1, 0.15) is 0 Å². The highest BCUT2D eigenvalue weighted by Gasteiger charge is 2.26. The van der Waals surface area contributed by atoms with Gasteiger partial charge in [-0.15, -0.1) is 0 Å². The van der Waals surface area contributed by atoms with E-state index in [2.05, 4.69) is 20.3 Å². The first-order chi connectivity index (χ1) is 11.2. The van der Waals surface area contributed by atoms with Crippen LogP contribution < -0.4 is 10.2 Å². The zero-order chi connectivity index (χ0) is 15.8. The summed E-state index contributed by atoms with van der Waals surface area (Å²) in [4.78, 5) is 27.2. The Morgan fingerprint density at radius 1 is 1.22 bits per heavy atom. The Bertz CT molecular complexity index is 874. The number of carbonyl (C=O) groups excluding carboxylic acids is 1. The lowest BCUT2D eigenvalue weighted by atomic mass is 10.2. The molecule has 23 heavy (non-hydrogen) atoms. The predicted molar refractivity (Wildman–Crippen MR) is 89.0 cm³/mol. The van der Waals surface area contributed by atoms with Crippen molar-refractivity contribution in [2.75, 3.05) is 30.4 Å². The minimum absolute atomic E-state index is 0.0261. The summed E-state index contributed by atoms with van der Waals surface area (Å²) in [7, 11) is 1.81. The Balaban J connectivity index is 1.59. The molecule has 7 heteroatoms. The summed E-state index contributed by atoms with van der Waals surface area (Å²) < 4.78 is 0. The Labute approximate surface area is 133 Å². The molecule has 0 aliphatic carbocycles. The van der Waals surface area contributed by atoms with Gasteiger partial charge in [-0.05, 0) is 30.3 Å². The van der Waals surface area contributed by atoms with Gasteiger partial charge in [0.1, 0.15) is 5.82 Å². The van der Waals surface area contributed by atoms with E-state index in [9.17, 15) is 4.79 Å². The average Bonchev–Trinajstić information content (AvgIpc) is 3.15. The quantitative estimate of drug-likeness (QED) is 0.779. The number of aromatic nitrogens is 3. The number of aromatic amines is 1. The lowest BCUT2D eigenvalue weighted by molar-refractivity contribution is 0.229. The summed E-state index contributed by atoms with van der Waals surface area (Å²) in [6.07, 6.45) is 1.62. The van der Waals surface area contributed by atoms with Crippen LogP contribution in [-0.4, -0.2) is 46.0 Å². The normalized spacial score (nSPS) is 14.7. The number of fused-ring (bicyclic) bond motifs is 1. The SMILES string of the molecule is CN1CCN(c2cccc(Nc3ccc4[nH]cnc4n3)c2)C1=O. The van der Waals surface area contributed by atoms with E-state index < -0.39 is 0 Å². The van der Waals surface area contributed by atoms with E-state index in [1.807, 2.05) is 43.4 Å². The standard InChI is InChI=1S/C16H16N6O/c1-21-7-8-22(16(21)23)12-4-2-3-11(9-12)19-14-6-5-13-15(20-14)18-10-17-13/h2-6,9-10H,7-8H2,1H3,(H2,17,18,19,20). The second-order valence-electron chi connectivity index (χ2n) is 5.50. The second-order valence-corrected chi connectivity index (χ2v) is 5.50. The first-order valence-corrected chi connectivity index (χ1v) is 7.40. The van der Waals surface area contributed by atoms with Gasteiger partial charge in [0.05, 0.1) is 11.8 Å². The second kappa shape index (κ2) is 5.28. The highest BCUT2D eigenvalue weighted by atomic mass is 16.2. The van der Waals surface area contributed by atoms with Gasteiger partial charge >= 0.3 is 6.03 Å². The average molecular weight is 308 g/mol. The lowest BCUT2D eigenvalue weighted by Gasteiger charge is -2.17. The van der Waals surface area contributed by atoms with Crippen molar-refractivity contribution in [3.8, 4) is 0 Å². The molecule has 0 bridgehead atoms. The lowest BCUT2D eigenvalue weighted by Crippen LogP contribution is -2.29. The molecule has 1 aliphatic heterocycles. The van der Waals surface area contributed by atoms with Gasteiger partial charge in [-0.1, -0.05) is 6.07 Å². The van der Waals surface area contributed by atoms with E-state index in [-0.39, 0.29) is 6.03 Å². The maximum atomic E-state index is 12.1. The maximum Gasteiger partial charge on any atom is 0.324 e. The number of nitrogens with one attached hydrogen (secondary N) is 2. The van der Waals surface area contributed by atoms with Gasteiger partial charge in [0.2, 0.25) is 0 Å². The summed E-state index contributed by atoms with van der Waals surface area (Å²) in [5, 5.41) is 3.26. The summed E-state index contributed by atoms with van der Waals surface area (Å²) in [5.41, 5.74) is 3.33. The van der Waals surface area contributed by atoms with Gasteiger partial charge in [-0.2, -0.15) is 0 Å². The zero-order valence-corrected chi connectivity index (χ0v) is 12.7. The molecule has 2 amide bonds. The predicted octanol–water partition coefficient (Wildman–Crippen LogP) is 2.57. The molecule has 1 fully saturated rings. The summed E-state index contributed by atoms with van der Waals surface area (Å²) in [6, 6.07) is 11.6. The molecule has 4 rings (SSSR count). The number of rotatable bonds is 3. The Hall–Kier alpha value is -3.09. The van der Waals surface area contributed by atoms with Crippen molar-refractivity contribution in [2.45, 2.75) is 0 Å². The maximum absolute atomic E-state index is 12.1. The monoisotopic (exact) mass is 308 g/mol. The summed E-state index contributed by atoms with van der Waals surface area (Å²) in [6.45, 7) is 1.45. The van der Waals surface area contributed by atoms with Crippen LogP contribution in [0, 0.1) is 0 Å². The molecule has 1 saturated heterocycles. The number of H-pyrrole nitrogens is 1. The number of nitrogens with zero attached hydrogens (tertiary/aromatic N) is 4. The molecular formula is C16H16N6O. The Morgan fingerprint density at radius 2 is 2.13 bits per heavy atom. The molecular weight excluding hydrogens is 292 g/mol. The summed E-state index contributed by atoms with van der Waals surface area (Å²) >= 11 is 0. The van der Waals surface area contributed by atoms with Gasteiger partial charge in [0.25, 0.3) is 0 Å². The molecule has 2 aromatic heterocycles. The smallest absolute Gasteiger partial charge is 0.324 e. The molecule has 0 saturated carbocycles. The fourth-order valence-electron chi connectivity index (χ4n) is 2.68. The van der Waals surface area contributed by atoms with Gasteiger partial charge in [0.15, 0.2) is 5.65 Å². The molecule has 7 nitrogen and oxygen atoms in total. The largest absolute Gasteiger partial charge is 0.343 e. The molecule has 0 atom stereocenters. The van der Waals surface area contributed by atoms with E-state index in [0.29, 0.717) is 18.0 Å². The van der Waals surface area contributed by atoms with Crippen LogP contribution in [0.25, 0.3) is 11.2 Å². The van der Waals surface area contributed by atoms with E-state index >= 15 is 0 Å². The number of imidazole rings is 1. The topological polar surface area (TPSA) is 77.2 Å². The number of benzene rings is 1. The fourth-order valence-corrected chi connectivity index (χ4v) is 2.68. The molecule has 3 heterocycles. The van der Waals surface area contributed by atoms with Gasteiger partial charge in [-0.3, -0.25) is 4.90 Å². The van der Waals surface area contributed by atoms with E-state index in [1.54, 1.807) is 16.1 Å². The van der Waals surface area contributed by atoms with Crippen molar-refractivity contribution in [2.24, 2.45) is 0 Å². The number of carbonyl (C=O) groups is 1. The van der Waals surface area contributed by atoms with Crippen molar-refractivity contribution >= 4 is 34.4 Å². The molecule has 2 N–H and O–H groups in total. The number of pyridine rings is 1. The fraction of sp³-hybridized carbons (Fsp3) is 0.188. The van der Waals surface area contributed by atoms with Crippen LogP contribution in [0.4, 0.5) is 22.0 Å². The zero-order valence-electron chi connectivity index (χ0n) is 12.7. The van der Waals surface area contributed by atoms with Crippen molar-refractivity contribution < 1.29 is 4.79 Å². The third-order valence-electron chi connectivity index (χ3n) is 3.93. The van der Waals surface area contributed by atoms with Crippen LogP contribution in [0.3, 0.4) is 0 Å². The van der Waals surface area contributed by atoms with Crippen molar-refractivity contribution in [1.82, 2.24) is 19.9 Å². The molecule has 1 aromatic carbocycles. The number of anilines is 3. The van der Waals surface area contributed by atoms with Crippen LogP contribution in [0.2, 0.25) is 0 Å². The van der Waals surface area contributed by atoms with E-state index in [4.69, 9.17) is 0 Å². The number of urea groups is 1. The van der Waals surface area contributed by atoms with Crippen LogP contribution in [0.15, 0.2) is 42.7 Å². The molecule has 0 radical (unpaired) electrons. The van der Waals surface area contributed by atoms with Crippen LogP contribution in [-0.2, 0) is 0 Å². The number of amides is 2. The molecule has 3 aromatic rings. The van der Waals surface area contributed by atoms with E-state index in [1.165, 1.54) is 0 Å². The van der Waals surface area contributed by atoms with E-state index in [0.717, 1.165) is 23.4 Å². The first-order valence-electron chi connectivity index (χ1n) is 7.40. The minimum atomic E-state index is 0.0261. The van der Waals surface area contributed by atoms with Crippen molar-refractivity contribution in [3.63, 3.8) is 0 Å². The highest BCUT2D eigenvalue weighted by Crippen LogP contribution is 2.25. The van der Waals surface area contributed by atoms with Gasteiger partial charge < -0.3 is 15.2 Å². The Morgan fingerprint density at radius 3 is 2.96 bits per heavy atom. The van der Waals surface area contributed by atoms with Gasteiger partial charge in [0, 0.05) is 31.5 Å². The number of hydrogen-bond acceptors (Lipinski definition) is 4. The molecule has 0 unspecified atom stereocenters.